The quantitative estimate of drug-likeness (QED) is 0.880. The first-order chi connectivity index (χ1) is 11.6. The Morgan fingerprint density at radius 3 is 2.46 bits per heavy atom. The van der Waals surface area contributed by atoms with Crippen LogP contribution in [0.15, 0.2) is 53.1 Å². The number of benzene rings is 1. The fraction of sp³-hybridized carbons (Fsp3) is 0.278. The Hall–Kier alpha value is -2.21. The lowest BCUT2D eigenvalue weighted by atomic mass is 10.0. The van der Waals surface area contributed by atoms with Gasteiger partial charge < -0.3 is 10.2 Å². The number of hydrogen-bond donors (Lipinski definition) is 1. The smallest absolute Gasteiger partial charge is 0.270 e. The first kappa shape index (κ1) is 16.6. The number of pyridine rings is 1. The molecule has 0 spiro atoms. The Morgan fingerprint density at radius 2 is 1.79 bits per heavy atom. The molecule has 0 aliphatic carbocycles. The van der Waals surface area contributed by atoms with Crippen LogP contribution in [0.4, 0.5) is 0 Å². The molecule has 0 bridgehead atoms. The molecule has 1 aliphatic rings. The summed E-state index contributed by atoms with van der Waals surface area (Å²) in [7, 11) is 0. The molecule has 1 saturated heterocycles. The molecule has 3 rings (SSSR count). The van der Waals surface area contributed by atoms with E-state index in [2.05, 4.69) is 26.2 Å². The van der Waals surface area contributed by atoms with Gasteiger partial charge in [0.05, 0.1) is 5.56 Å². The lowest BCUT2D eigenvalue weighted by Crippen LogP contribution is -2.46. The molecule has 1 aromatic heterocycles. The maximum absolute atomic E-state index is 12.6. The van der Waals surface area contributed by atoms with Crippen LogP contribution in [-0.4, -0.2) is 40.8 Å². The average Bonchev–Trinajstić information content (AvgIpc) is 2.63. The van der Waals surface area contributed by atoms with Gasteiger partial charge in [-0.3, -0.25) is 14.6 Å². The van der Waals surface area contributed by atoms with E-state index in [1.807, 2.05) is 29.2 Å². The Bertz CT molecular complexity index is 728. The largest absolute Gasteiger partial charge is 0.348 e. The fourth-order valence-electron chi connectivity index (χ4n) is 2.79. The third kappa shape index (κ3) is 3.82. The van der Waals surface area contributed by atoms with Crippen LogP contribution in [0.25, 0.3) is 0 Å². The Balaban J connectivity index is 1.55. The zero-order chi connectivity index (χ0) is 16.9. The van der Waals surface area contributed by atoms with Gasteiger partial charge in [0.2, 0.25) is 0 Å². The minimum absolute atomic E-state index is 0.0250. The third-order valence-corrected chi connectivity index (χ3v) is 4.81. The summed E-state index contributed by atoms with van der Waals surface area (Å²) in [4.78, 5) is 30.6. The second-order valence-corrected chi connectivity index (χ2v) is 6.59. The van der Waals surface area contributed by atoms with Crippen LogP contribution < -0.4 is 5.32 Å². The van der Waals surface area contributed by atoms with Gasteiger partial charge in [0.15, 0.2) is 0 Å². The van der Waals surface area contributed by atoms with Gasteiger partial charge in [-0.15, -0.1) is 0 Å². The third-order valence-electron chi connectivity index (χ3n) is 4.12. The minimum atomic E-state index is -0.161. The lowest BCUT2D eigenvalue weighted by Gasteiger charge is -2.32. The van der Waals surface area contributed by atoms with E-state index in [1.165, 1.54) is 0 Å². The van der Waals surface area contributed by atoms with Crippen molar-refractivity contribution < 1.29 is 9.59 Å². The molecule has 2 aromatic rings. The summed E-state index contributed by atoms with van der Waals surface area (Å²) >= 11 is 3.42. The number of aromatic nitrogens is 1. The van der Waals surface area contributed by atoms with Crippen LogP contribution in [-0.2, 0) is 0 Å². The van der Waals surface area contributed by atoms with Crippen molar-refractivity contribution in [2.45, 2.75) is 18.9 Å². The van der Waals surface area contributed by atoms with Crippen LogP contribution in [0.5, 0.6) is 0 Å². The van der Waals surface area contributed by atoms with Crippen LogP contribution in [0.2, 0.25) is 0 Å². The molecule has 0 atom stereocenters. The van der Waals surface area contributed by atoms with Crippen molar-refractivity contribution in [3.63, 3.8) is 0 Å². The van der Waals surface area contributed by atoms with Crippen molar-refractivity contribution in [3.05, 3.63) is 64.4 Å². The first-order valence-electron chi connectivity index (χ1n) is 7.91. The van der Waals surface area contributed by atoms with Crippen LogP contribution in [0, 0.1) is 0 Å². The van der Waals surface area contributed by atoms with Crippen molar-refractivity contribution >= 4 is 27.7 Å². The van der Waals surface area contributed by atoms with Crippen molar-refractivity contribution in [3.8, 4) is 0 Å². The summed E-state index contributed by atoms with van der Waals surface area (Å²) in [5.41, 5.74) is 1.10. The molecule has 0 unspecified atom stereocenters. The summed E-state index contributed by atoms with van der Waals surface area (Å²) in [5.74, 6) is -0.136. The van der Waals surface area contributed by atoms with Gasteiger partial charge in [0.25, 0.3) is 11.8 Å². The normalized spacial score (nSPS) is 15.1. The number of likely N-dealkylation sites (tertiary alicyclic amines) is 1. The molecule has 0 saturated carbocycles. The zero-order valence-corrected chi connectivity index (χ0v) is 14.7. The van der Waals surface area contributed by atoms with E-state index in [4.69, 9.17) is 0 Å². The molecular formula is C18H18BrN3O2. The summed E-state index contributed by atoms with van der Waals surface area (Å²) in [6.07, 6.45) is 3.09. The van der Waals surface area contributed by atoms with Crippen molar-refractivity contribution in [2.75, 3.05) is 13.1 Å². The number of halogens is 1. The van der Waals surface area contributed by atoms with E-state index in [9.17, 15) is 9.59 Å². The molecule has 6 heteroatoms. The maximum atomic E-state index is 12.6. The van der Waals surface area contributed by atoms with Crippen LogP contribution in [0.3, 0.4) is 0 Å². The Morgan fingerprint density at radius 1 is 1.08 bits per heavy atom. The van der Waals surface area contributed by atoms with E-state index in [0.717, 1.165) is 17.3 Å². The monoisotopic (exact) mass is 387 g/mol. The second kappa shape index (κ2) is 7.57. The number of nitrogens with one attached hydrogen (secondary N) is 1. The van der Waals surface area contributed by atoms with E-state index in [0.29, 0.717) is 24.3 Å². The highest BCUT2D eigenvalue weighted by atomic mass is 79.9. The minimum Gasteiger partial charge on any atom is -0.348 e. The molecule has 0 radical (unpaired) electrons. The summed E-state index contributed by atoms with van der Waals surface area (Å²) in [6, 6.07) is 12.8. The number of amides is 2. The van der Waals surface area contributed by atoms with E-state index in [-0.39, 0.29) is 17.9 Å². The molecule has 1 N–H and O–H groups in total. The fourth-order valence-corrected chi connectivity index (χ4v) is 3.24. The maximum Gasteiger partial charge on any atom is 0.270 e. The topological polar surface area (TPSA) is 62.3 Å². The van der Waals surface area contributed by atoms with Crippen LogP contribution >= 0.6 is 15.9 Å². The molecule has 2 heterocycles. The van der Waals surface area contributed by atoms with Gasteiger partial charge in [-0.25, -0.2) is 0 Å². The summed E-state index contributed by atoms with van der Waals surface area (Å²) in [6.45, 7) is 1.26. The van der Waals surface area contributed by atoms with Crippen LogP contribution in [0.1, 0.15) is 33.7 Å². The molecular weight excluding hydrogens is 370 g/mol. The van der Waals surface area contributed by atoms with Crippen molar-refractivity contribution in [1.82, 2.24) is 15.2 Å². The lowest BCUT2D eigenvalue weighted by molar-refractivity contribution is 0.0697. The molecule has 1 fully saturated rings. The highest BCUT2D eigenvalue weighted by Gasteiger charge is 2.25. The predicted octanol–water partition coefficient (Wildman–Crippen LogP) is 2.88. The van der Waals surface area contributed by atoms with Crippen molar-refractivity contribution in [1.29, 1.82) is 0 Å². The number of carbonyl (C=O) groups is 2. The molecule has 24 heavy (non-hydrogen) atoms. The van der Waals surface area contributed by atoms with Gasteiger partial charge in [0, 0.05) is 29.8 Å². The van der Waals surface area contributed by atoms with Crippen molar-refractivity contribution in [2.24, 2.45) is 0 Å². The zero-order valence-electron chi connectivity index (χ0n) is 13.1. The van der Waals surface area contributed by atoms with Gasteiger partial charge in [0.1, 0.15) is 5.69 Å². The number of carbonyl (C=O) groups excluding carboxylic acids is 2. The molecule has 5 nitrogen and oxygen atoms in total. The molecule has 1 aromatic carbocycles. The molecule has 2 amide bonds. The van der Waals surface area contributed by atoms with Gasteiger partial charge in [-0.2, -0.15) is 0 Å². The van der Waals surface area contributed by atoms with Gasteiger partial charge in [-0.1, -0.05) is 18.2 Å². The SMILES string of the molecule is O=C(NC1CCN(C(=O)c2ccccc2Br)CC1)c1ccccn1. The second-order valence-electron chi connectivity index (χ2n) is 5.73. The number of nitrogens with zero attached hydrogens (tertiary/aromatic N) is 2. The summed E-state index contributed by atoms with van der Waals surface area (Å²) < 4.78 is 0.806. The van der Waals surface area contributed by atoms with Gasteiger partial charge in [-0.05, 0) is 53.0 Å². The number of hydrogen-bond acceptors (Lipinski definition) is 3. The van der Waals surface area contributed by atoms with E-state index in [1.54, 1.807) is 24.4 Å². The number of piperidine rings is 1. The summed E-state index contributed by atoms with van der Waals surface area (Å²) in [5, 5.41) is 3.00. The molecule has 1 aliphatic heterocycles. The average molecular weight is 388 g/mol. The first-order valence-corrected chi connectivity index (χ1v) is 8.70. The van der Waals surface area contributed by atoms with E-state index >= 15 is 0 Å². The predicted molar refractivity (Wildman–Crippen MR) is 94.8 cm³/mol. The standard InChI is InChI=1S/C18H18BrN3O2/c19-15-6-2-1-5-14(15)18(24)22-11-8-13(9-12-22)21-17(23)16-7-3-4-10-20-16/h1-7,10,13H,8-9,11-12H2,(H,21,23). The van der Waals surface area contributed by atoms with Gasteiger partial charge >= 0.3 is 0 Å². The Labute approximate surface area is 149 Å². The van der Waals surface area contributed by atoms with E-state index < -0.39 is 0 Å². The highest BCUT2D eigenvalue weighted by molar-refractivity contribution is 9.10. The Kier molecular flexibility index (Phi) is 5.25. The molecule has 124 valence electrons. The highest BCUT2D eigenvalue weighted by Crippen LogP contribution is 2.20. The number of rotatable bonds is 3.